The van der Waals surface area contributed by atoms with Gasteiger partial charge in [-0.1, -0.05) is 64.5 Å². The number of hydrogen-bond donors (Lipinski definition) is 1. The molecular weight excluding hydrogens is 304 g/mol. The summed E-state index contributed by atoms with van der Waals surface area (Å²) in [6.07, 6.45) is 1.77. The van der Waals surface area contributed by atoms with Gasteiger partial charge in [-0.15, -0.1) is 0 Å². The van der Waals surface area contributed by atoms with E-state index in [2.05, 4.69) is 15.9 Å². The summed E-state index contributed by atoms with van der Waals surface area (Å²) >= 11 is 3.40. The van der Waals surface area contributed by atoms with E-state index in [0.29, 0.717) is 0 Å². The summed E-state index contributed by atoms with van der Waals surface area (Å²) in [4.78, 5) is 10.8. The lowest BCUT2D eigenvalue weighted by Gasteiger charge is -2.08. The molecule has 2 nitrogen and oxygen atoms in total. The monoisotopic (exact) mass is 316 g/mol. The van der Waals surface area contributed by atoms with Crippen LogP contribution < -0.4 is 0 Å². The molecule has 0 unspecified atom stereocenters. The number of aliphatic carboxylic acids is 1. The molecule has 0 aliphatic carbocycles. The maximum Gasteiger partial charge on any atom is 0.307 e. The molecule has 1 N–H and O–H groups in total. The van der Waals surface area contributed by atoms with Gasteiger partial charge in [0.1, 0.15) is 0 Å². The lowest BCUT2D eigenvalue weighted by atomic mass is 9.97. The van der Waals surface area contributed by atoms with E-state index >= 15 is 0 Å². The fourth-order valence-corrected chi connectivity index (χ4v) is 2.10. The number of carboxylic acid groups (broad SMARTS) is 1. The van der Waals surface area contributed by atoms with Gasteiger partial charge < -0.3 is 5.11 Å². The first-order valence-electron chi connectivity index (χ1n) is 5.90. The maximum absolute atomic E-state index is 10.8. The second-order valence-electron chi connectivity index (χ2n) is 4.09. The van der Waals surface area contributed by atoms with Gasteiger partial charge in [0.25, 0.3) is 0 Å². The van der Waals surface area contributed by atoms with E-state index in [1.807, 2.05) is 54.6 Å². The average Bonchev–Trinajstić information content (AvgIpc) is 2.42. The average molecular weight is 317 g/mol. The van der Waals surface area contributed by atoms with Gasteiger partial charge in [-0.3, -0.25) is 4.79 Å². The molecular formula is C16H13BrO2. The van der Waals surface area contributed by atoms with Crippen molar-refractivity contribution in [3.63, 3.8) is 0 Å². The molecule has 96 valence electrons. The number of carbonyl (C=O) groups is 1. The van der Waals surface area contributed by atoms with Gasteiger partial charge in [0.05, 0.1) is 6.42 Å². The molecule has 2 aromatic rings. The van der Waals surface area contributed by atoms with Crippen molar-refractivity contribution in [2.24, 2.45) is 0 Å². The van der Waals surface area contributed by atoms with Crippen LogP contribution in [0.2, 0.25) is 0 Å². The third-order valence-corrected chi connectivity index (χ3v) is 3.25. The molecule has 0 aliphatic heterocycles. The van der Waals surface area contributed by atoms with Crippen LogP contribution >= 0.6 is 15.9 Å². The number of rotatable bonds is 4. The van der Waals surface area contributed by atoms with Crippen molar-refractivity contribution in [2.45, 2.75) is 6.42 Å². The lowest BCUT2D eigenvalue weighted by Crippen LogP contribution is -1.94. The molecule has 3 heteroatoms. The van der Waals surface area contributed by atoms with E-state index in [4.69, 9.17) is 5.11 Å². The molecule has 0 aliphatic rings. The van der Waals surface area contributed by atoms with Gasteiger partial charge >= 0.3 is 5.97 Å². The molecule has 0 saturated carbocycles. The van der Waals surface area contributed by atoms with Gasteiger partial charge in [0.15, 0.2) is 0 Å². The summed E-state index contributed by atoms with van der Waals surface area (Å²) in [6.45, 7) is 0. The Bertz CT molecular complexity index is 586. The summed E-state index contributed by atoms with van der Waals surface area (Å²) in [6, 6.07) is 17.7. The standard InChI is InChI=1S/C16H13BrO2/c17-14-8-6-13(7-9-14)15(10-11-16(18)19)12-4-2-1-3-5-12/h1-10H,11H2,(H,18,19)/b15-10+. The Morgan fingerprint density at radius 3 is 2.16 bits per heavy atom. The molecule has 2 rings (SSSR count). The molecule has 0 aromatic heterocycles. The molecule has 0 spiro atoms. The number of hydrogen-bond acceptors (Lipinski definition) is 1. The number of halogens is 1. The second-order valence-corrected chi connectivity index (χ2v) is 5.00. The molecule has 0 bridgehead atoms. The summed E-state index contributed by atoms with van der Waals surface area (Å²) in [5.41, 5.74) is 2.97. The summed E-state index contributed by atoms with van der Waals surface area (Å²) < 4.78 is 1.00. The first kappa shape index (κ1) is 13.6. The summed E-state index contributed by atoms with van der Waals surface area (Å²) in [7, 11) is 0. The van der Waals surface area contributed by atoms with Gasteiger partial charge in [-0.25, -0.2) is 0 Å². The number of benzene rings is 2. The van der Waals surface area contributed by atoms with Gasteiger partial charge in [0.2, 0.25) is 0 Å². The van der Waals surface area contributed by atoms with Crippen LogP contribution in [0.25, 0.3) is 5.57 Å². The van der Waals surface area contributed by atoms with Crippen LogP contribution in [0.1, 0.15) is 17.5 Å². The van der Waals surface area contributed by atoms with E-state index in [-0.39, 0.29) is 6.42 Å². The highest BCUT2D eigenvalue weighted by Gasteiger charge is 2.05. The quantitative estimate of drug-likeness (QED) is 0.910. The van der Waals surface area contributed by atoms with Crippen molar-refractivity contribution in [3.05, 3.63) is 76.3 Å². The van der Waals surface area contributed by atoms with Crippen LogP contribution in [0.5, 0.6) is 0 Å². The molecule has 2 aromatic carbocycles. The smallest absolute Gasteiger partial charge is 0.307 e. The Hall–Kier alpha value is -1.87. The zero-order valence-electron chi connectivity index (χ0n) is 10.2. The highest BCUT2D eigenvalue weighted by Crippen LogP contribution is 2.25. The second kappa shape index (κ2) is 6.34. The van der Waals surface area contributed by atoms with Gasteiger partial charge in [-0.05, 0) is 28.8 Å². The van der Waals surface area contributed by atoms with Crippen molar-refractivity contribution in [2.75, 3.05) is 0 Å². The normalized spacial score (nSPS) is 11.3. The minimum atomic E-state index is -0.828. The maximum atomic E-state index is 10.8. The fraction of sp³-hybridized carbons (Fsp3) is 0.0625. The fourth-order valence-electron chi connectivity index (χ4n) is 1.84. The summed E-state index contributed by atoms with van der Waals surface area (Å²) in [5.74, 6) is -0.828. The van der Waals surface area contributed by atoms with Crippen molar-refractivity contribution in [1.82, 2.24) is 0 Å². The van der Waals surface area contributed by atoms with Crippen molar-refractivity contribution in [1.29, 1.82) is 0 Å². The van der Waals surface area contributed by atoms with E-state index in [9.17, 15) is 4.79 Å². The molecule has 0 saturated heterocycles. The third-order valence-electron chi connectivity index (χ3n) is 2.72. The minimum Gasteiger partial charge on any atom is -0.481 e. The predicted octanol–water partition coefficient (Wildman–Crippen LogP) is 4.36. The van der Waals surface area contributed by atoms with Crippen LogP contribution in [0, 0.1) is 0 Å². The van der Waals surface area contributed by atoms with Crippen molar-refractivity contribution < 1.29 is 9.90 Å². The Balaban J connectivity index is 2.43. The Kier molecular flexibility index (Phi) is 4.53. The first-order chi connectivity index (χ1) is 9.16. The summed E-state index contributed by atoms with van der Waals surface area (Å²) in [5, 5.41) is 8.85. The zero-order valence-corrected chi connectivity index (χ0v) is 11.8. The molecule has 0 radical (unpaired) electrons. The largest absolute Gasteiger partial charge is 0.481 e. The van der Waals surface area contributed by atoms with E-state index in [1.165, 1.54) is 0 Å². The van der Waals surface area contributed by atoms with Crippen molar-refractivity contribution in [3.8, 4) is 0 Å². The molecule has 19 heavy (non-hydrogen) atoms. The van der Waals surface area contributed by atoms with Crippen LogP contribution in [0.4, 0.5) is 0 Å². The van der Waals surface area contributed by atoms with Crippen LogP contribution in [0.15, 0.2) is 65.1 Å². The predicted molar refractivity (Wildman–Crippen MR) is 79.9 cm³/mol. The van der Waals surface area contributed by atoms with E-state index in [1.54, 1.807) is 6.08 Å². The number of carboxylic acids is 1. The van der Waals surface area contributed by atoms with E-state index in [0.717, 1.165) is 21.2 Å². The SMILES string of the molecule is O=C(O)C/C=C(\c1ccccc1)c1ccc(Br)cc1. The van der Waals surface area contributed by atoms with Crippen LogP contribution in [-0.4, -0.2) is 11.1 Å². The third kappa shape index (κ3) is 3.80. The van der Waals surface area contributed by atoms with Gasteiger partial charge in [-0.2, -0.15) is 0 Å². The molecule has 0 atom stereocenters. The Morgan fingerprint density at radius 2 is 1.58 bits per heavy atom. The highest BCUT2D eigenvalue weighted by molar-refractivity contribution is 9.10. The zero-order chi connectivity index (χ0) is 13.7. The van der Waals surface area contributed by atoms with Gasteiger partial charge in [0, 0.05) is 4.47 Å². The molecule has 0 amide bonds. The first-order valence-corrected chi connectivity index (χ1v) is 6.69. The molecule has 0 heterocycles. The highest BCUT2D eigenvalue weighted by atomic mass is 79.9. The Labute approximate surface area is 120 Å². The van der Waals surface area contributed by atoms with Crippen molar-refractivity contribution >= 4 is 27.5 Å². The molecule has 0 fully saturated rings. The van der Waals surface area contributed by atoms with Crippen LogP contribution in [0.3, 0.4) is 0 Å². The minimum absolute atomic E-state index is 0.0142. The van der Waals surface area contributed by atoms with Crippen LogP contribution in [-0.2, 0) is 4.79 Å². The Morgan fingerprint density at radius 1 is 1.00 bits per heavy atom. The van der Waals surface area contributed by atoms with E-state index < -0.39 is 5.97 Å². The lowest BCUT2D eigenvalue weighted by molar-refractivity contribution is -0.135. The topological polar surface area (TPSA) is 37.3 Å².